The van der Waals surface area contributed by atoms with Crippen LogP contribution in [0.2, 0.25) is 0 Å². The number of carbonyl (C=O) groups is 1. The van der Waals surface area contributed by atoms with Gasteiger partial charge in [0.05, 0.1) is 5.69 Å². The predicted molar refractivity (Wildman–Crippen MR) is 123 cm³/mol. The molecule has 1 amide bonds. The second-order valence-corrected chi connectivity index (χ2v) is 10.3. The van der Waals surface area contributed by atoms with Crippen LogP contribution in [0.3, 0.4) is 0 Å². The molecule has 1 saturated carbocycles. The van der Waals surface area contributed by atoms with E-state index in [1.165, 1.54) is 0 Å². The van der Waals surface area contributed by atoms with Gasteiger partial charge in [0, 0.05) is 76.3 Å². The zero-order valence-electron chi connectivity index (χ0n) is 19.9. The molecule has 3 fully saturated rings. The third-order valence-corrected chi connectivity index (χ3v) is 8.04. The summed E-state index contributed by atoms with van der Waals surface area (Å²) in [5.74, 6) is -3.98. The van der Waals surface area contributed by atoms with E-state index in [0.29, 0.717) is 44.1 Å². The molecule has 8 heteroatoms. The smallest absolute Gasteiger partial charge is 0.252 e. The van der Waals surface area contributed by atoms with Crippen molar-refractivity contribution in [2.24, 2.45) is 5.92 Å². The summed E-state index contributed by atoms with van der Waals surface area (Å²) in [7, 11) is 0. The number of piperazine rings is 1. The summed E-state index contributed by atoms with van der Waals surface area (Å²) in [5, 5.41) is 11.0. The molecule has 1 aromatic heterocycles. The quantitative estimate of drug-likeness (QED) is 0.726. The highest BCUT2D eigenvalue weighted by Gasteiger charge is 2.50. The number of likely N-dealkylation sites (tertiary alicyclic amines) is 1. The van der Waals surface area contributed by atoms with Gasteiger partial charge >= 0.3 is 0 Å². The number of rotatable bonds is 5. The van der Waals surface area contributed by atoms with E-state index < -0.39 is 17.4 Å². The third kappa shape index (κ3) is 5.38. The van der Waals surface area contributed by atoms with E-state index in [-0.39, 0.29) is 24.8 Å². The fraction of sp³-hybridized carbons (Fsp3) is 0.760. The fourth-order valence-electron chi connectivity index (χ4n) is 5.86. The van der Waals surface area contributed by atoms with Crippen LogP contribution in [0.5, 0.6) is 0 Å². The van der Waals surface area contributed by atoms with E-state index in [2.05, 4.69) is 28.6 Å². The molecule has 0 radical (unpaired) electrons. The van der Waals surface area contributed by atoms with Crippen molar-refractivity contribution >= 4 is 5.91 Å². The molecule has 1 aromatic rings. The first-order valence-corrected chi connectivity index (χ1v) is 12.5. The van der Waals surface area contributed by atoms with Gasteiger partial charge in [-0.15, -0.1) is 0 Å². The Labute approximate surface area is 195 Å². The molecule has 3 heterocycles. The number of carbonyl (C=O) groups excluding carboxylic acids is 1. The molecule has 0 aromatic carbocycles. The van der Waals surface area contributed by atoms with E-state index in [1.807, 2.05) is 6.07 Å². The van der Waals surface area contributed by atoms with E-state index in [1.54, 1.807) is 23.2 Å². The van der Waals surface area contributed by atoms with Crippen LogP contribution in [0, 0.1) is 5.92 Å². The first-order chi connectivity index (χ1) is 15.7. The van der Waals surface area contributed by atoms with Crippen molar-refractivity contribution in [2.75, 3.05) is 39.3 Å². The van der Waals surface area contributed by atoms with Gasteiger partial charge in [-0.3, -0.25) is 19.6 Å². The van der Waals surface area contributed by atoms with Gasteiger partial charge in [-0.05, 0) is 51.7 Å². The summed E-state index contributed by atoms with van der Waals surface area (Å²) in [6.45, 7) is 8.40. The Hall–Kier alpha value is -1.64. The van der Waals surface area contributed by atoms with Gasteiger partial charge in [-0.25, -0.2) is 8.78 Å². The molecule has 1 N–H and O–H groups in total. The number of nitrogens with zero attached hydrogens (tertiary/aromatic N) is 4. The number of amides is 1. The Morgan fingerprint density at radius 3 is 2.42 bits per heavy atom. The molecule has 4 rings (SSSR count). The highest BCUT2D eigenvalue weighted by atomic mass is 19.3. The maximum Gasteiger partial charge on any atom is 0.252 e. The van der Waals surface area contributed by atoms with Gasteiger partial charge in [-0.1, -0.05) is 6.07 Å². The van der Waals surface area contributed by atoms with E-state index in [0.717, 1.165) is 32.6 Å². The maximum absolute atomic E-state index is 15.1. The number of piperidine rings is 1. The second kappa shape index (κ2) is 9.92. The zero-order valence-corrected chi connectivity index (χ0v) is 19.9. The van der Waals surface area contributed by atoms with Crippen molar-refractivity contribution < 1.29 is 18.7 Å². The van der Waals surface area contributed by atoms with Crippen molar-refractivity contribution in [1.82, 2.24) is 19.7 Å². The number of pyridine rings is 1. The molecule has 6 nitrogen and oxygen atoms in total. The number of hydrogen-bond acceptors (Lipinski definition) is 5. The topological polar surface area (TPSA) is 59.9 Å². The van der Waals surface area contributed by atoms with Gasteiger partial charge in [0.15, 0.2) is 0 Å². The summed E-state index contributed by atoms with van der Waals surface area (Å²) in [5.41, 5.74) is -0.456. The summed E-state index contributed by atoms with van der Waals surface area (Å²) in [6, 6.07) is 5.64. The first kappa shape index (κ1) is 24.5. The Balaban J connectivity index is 1.39. The normalized spacial score (nSPS) is 28.7. The standard InChI is InChI=1S/C25H38F2N4O2/c1-19(2)29-14-16-30(17-15-29)21-6-5-8-25(26,27)20(21)18-23(32)31-12-9-24(33,10-13-31)22-7-3-4-11-28-22/h3-4,7,11,19-21,33H,5-6,8-10,12-18H2,1-2H3/t20?,21-/m0/s1. The molecule has 0 bridgehead atoms. The number of halogens is 2. The minimum atomic E-state index is -2.82. The molecular formula is C25H38F2N4O2. The van der Waals surface area contributed by atoms with Crippen LogP contribution in [-0.4, -0.2) is 88.0 Å². The van der Waals surface area contributed by atoms with Crippen molar-refractivity contribution in [3.63, 3.8) is 0 Å². The lowest BCUT2D eigenvalue weighted by Gasteiger charge is -2.47. The predicted octanol–water partition coefficient (Wildman–Crippen LogP) is 3.11. The Morgan fingerprint density at radius 2 is 1.82 bits per heavy atom. The van der Waals surface area contributed by atoms with Crippen LogP contribution in [0.25, 0.3) is 0 Å². The van der Waals surface area contributed by atoms with Crippen molar-refractivity contribution in [2.45, 2.75) is 76.0 Å². The Morgan fingerprint density at radius 1 is 1.12 bits per heavy atom. The maximum atomic E-state index is 15.1. The minimum absolute atomic E-state index is 0.121. The molecule has 2 saturated heterocycles. The van der Waals surface area contributed by atoms with E-state index >= 15 is 8.78 Å². The number of aliphatic hydroxyl groups is 1. The van der Waals surface area contributed by atoms with Gasteiger partial charge < -0.3 is 10.0 Å². The molecular weight excluding hydrogens is 426 g/mol. The van der Waals surface area contributed by atoms with Gasteiger partial charge in [0.2, 0.25) is 5.91 Å². The molecule has 0 spiro atoms. The average molecular weight is 465 g/mol. The van der Waals surface area contributed by atoms with Crippen LogP contribution in [-0.2, 0) is 10.4 Å². The Kier molecular flexibility index (Phi) is 7.36. The zero-order chi connectivity index (χ0) is 23.6. The number of aromatic nitrogens is 1. The molecule has 3 aliphatic rings. The van der Waals surface area contributed by atoms with Crippen molar-refractivity contribution in [3.05, 3.63) is 30.1 Å². The van der Waals surface area contributed by atoms with Crippen LogP contribution in [0.1, 0.15) is 58.1 Å². The van der Waals surface area contributed by atoms with Crippen LogP contribution < -0.4 is 0 Å². The van der Waals surface area contributed by atoms with Gasteiger partial charge in [0.1, 0.15) is 5.60 Å². The highest BCUT2D eigenvalue weighted by Crippen LogP contribution is 2.43. The van der Waals surface area contributed by atoms with Gasteiger partial charge in [-0.2, -0.15) is 0 Å². The molecule has 2 aliphatic heterocycles. The van der Waals surface area contributed by atoms with Crippen molar-refractivity contribution in [3.8, 4) is 0 Å². The molecule has 33 heavy (non-hydrogen) atoms. The average Bonchev–Trinajstić information content (AvgIpc) is 2.81. The molecule has 1 aliphatic carbocycles. The fourth-order valence-corrected chi connectivity index (χ4v) is 5.86. The van der Waals surface area contributed by atoms with Crippen LogP contribution >= 0.6 is 0 Å². The third-order valence-electron chi connectivity index (χ3n) is 8.04. The summed E-state index contributed by atoms with van der Waals surface area (Å²) in [4.78, 5) is 23.7. The monoisotopic (exact) mass is 464 g/mol. The number of hydrogen-bond donors (Lipinski definition) is 1. The lowest BCUT2D eigenvalue weighted by molar-refractivity contribution is -0.153. The summed E-state index contributed by atoms with van der Waals surface area (Å²) in [6.07, 6.45) is 3.38. The van der Waals surface area contributed by atoms with E-state index in [4.69, 9.17) is 0 Å². The molecule has 1 unspecified atom stereocenters. The van der Waals surface area contributed by atoms with Crippen LogP contribution in [0.4, 0.5) is 8.78 Å². The van der Waals surface area contributed by atoms with Crippen LogP contribution in [0.15, 0.2) is 24.4 Å². The molecule has 2 atom stereocenters. The van der Waals surface area contributed by atoms with Crippen molar-refractivity contribution in [1.29, 1.82) is 0 Å². The largest absolute Gasteiger partial charge is 0.383 e. The summed E-state index contributed by atoms with van der Waals surface area (Å²) < 4.78 is 30.2. The second-order valence-electron chi connectivity index (χ2n) is 10.3. The minimum Gasteiger partial charge on any atom is -0.383 e. The lowest BCUT2D eigenvalue weighted by Crippen LogP contribution is -2.58. The SMILES string of the molecule is CC(C)N1CCN([C@H]2CCCC(F)(F)C2CC(=O)N2CCC(O)(c3ccccn3)CC2)CC1. The number of alkyl halides is 2. The summed E-state index contributed by atoms with van der Waals surface area (Å²) >= 11 is 0. The van der Waals surface area contributed by atoms with Gasteiger partial charge in [0.25, 0.3) is 5.92 Å². The Bertz CT molecular complexity index is 791. The highest BCUT2D eigenvalue weighted by molar-refractivity contribution is 5.76. The molecule has 184 valence electrons. The first-order valence-electron chi connectivity index (χ1n) is 12.5. The van der Waals surface area contributed by atoms with E-state index in [9.17, 15) is 9.90 Å². The lowest BCUT2D eigenvalue weighted by atomic mass is 9.77.